The lowest BCUT2D eigenvalue weighted by atomic mass is 10.2. The molecule has 1 saturated carbocycles. The third-order valence-corrected chi connectivity index (χ3v) is 5.65. The Kier molecular flexibility index (Phi) is 6.01. The molecule has 4 rings (SSSR count). The van der Waals surface area contributed by atoms with Crippen LogP contribution in [0.15, 0.2) is 47.4 Å². The van der Waals surface area contributed by atoms with Crippen molar-refractivity contribution in [1.29, 1.82) is 0 Å². The third kappa shape index (κ3) is 5.65. The Bertz CT molecular complexity index is 1070. The lowest BCUT2D eigenvalue weighted by Gasteiger charge is -2.13. The van der Waals surface area contributed by atoms with Crippen molar-refractivity contribution in [1.82, 2.24) is 19.9 Å². The summed E-state index contributed by atoms with van der Waals surface area (Å²) in [4.78, 5) is 17.9. The molecule has 31 heavy (non-hydrogen) atoms. The molecular formula is C21H22F2N6OS. The van der Waals surface area contributed by atoms with Crippen LogP contribution in [-0.4, -0.2) is 37.3 Å². The molecular weight excluding hydrogens is 422 g/mol. The number of rotatable bonds is 8. The number of nitrogens with one attached hydrogen (secondary N) is 2. The first-order valence-electron chi connectivity index (χ1n) is 9.84. The molecule has 0 saturated heterocycles. The van der Waals surface area contributed by atoms with Crippen molar-refractivity contribution in [3.8, 4) is 11.5 Å². The van der Waals surface area contributed by atoms with Crippen LogP contribution in [0, 0.1) is 5.92 Å². The number of hydrogen-bond acceptors (Lipinski definition) is 7. The number of anilines is 3. The van der Waals surface area contributed by atoms with E-state index in [-0.39, 0.29) is 23.2 Å². The quantitative estimate of drug-likeness (QED) is 0.499. The minimum atomic E-state index is -3.08. The molecule has 1 aliphatic rings. The van der Waals surface area contributed by atoms with Gasteiger partial charge in [-0.25, -0.2) is 4.98 Å². The van der Waals surface area contributed by atoms with Crippen LogP contribution in [0.5, 0.6) is 0 Å². The second-order valence-electron chi connectivity index (χ2n) is 7.53. The standard InChI is InChI=1S/C21H22F2N6OS/c1-21(22,23)17-8-4-7-16(26-17)18-27-19(24-12-13-9-10-13)29-20(28-18)25-14-5-3-6-15(11-14)31(2)30/h3-8,11,13H,9-10,12H2,1-2H3,(H2,24,25,27,28,29). The normalized spacial score (nSPS) is 14.9. The van der Waals surface area contributed by atoms with E-state index in [2.05, 4.69) is 30.6 Å². The SMILES string of the molecule is C[S+]([O-])c1cccc(Nc2nc(NCC3CC3)nc(-c3cccc(C(C)(F)F)n3)n2)c1. The van der Waals surface area contributed by atoms with Crippen LogP contribution in [-0.2, 0) is 17.1 Å². The number of alkyl halides is 2. The average Bonchev–Trinajstić information content (AvgIpc) is 3.56. The molecule has 1 atom stereocenters. The first-order valence-corrected chi connectivity index (χ1v) is 11.4. The molecule has 0 amide bonds. The van der Waals surface area contributed by atoms with Crippen LogP contribution >= 0.6 is 0 Å². The minimum absolute atomic E-state index is 0.178. The van der Waals surface area contributed by atoms with Crippen LogP contribution in [0.25, 0.3) is 11.5 Å². The highest BCUT2D eigenvalue weighted by atomic mass is 32.2. The Labute approximate surface area is 181 Å². The fourth-order valence-corrected chi connectivity index (χ4v) is 3.43. The van der Waals surface area contributed by atoms with Crippen LogP contribution in [0.1, 0.15) is 25.5 Å². The van der Waals surface area contributed by atoms with Crippen molar-refractivity contribution in [2.75, 3.05) is 23.4 Å². The highest BCUT2D eigenvalue weighted by Crippen LogP contribution is 2.30. The predicted octanol–water partition coefficient (Wildman–Crippen LogP) is 4.35. The summed E-state index contributed by atoms with van der Waals surface area (Å²) in [6.45, 7) is 1.53. The average molecular weight is 445 g/mol. The second-order valence-corrected chi connectivity index (χ2v) is 8.91. The van der Waals surface area contributed by atoms with Gasteiger partial charge in [0, 0.05) is 25.2 Å². The van der Waals surface area contributed by atoms with E-state index in [4.69, 9.17) is 0 Å². The van der Waals surface area contributed by atoms with Gasteiger partial charge in [0.15, 0.2) is 10.7 Å². The van der Waals surface area contributed by atoms with Crippen LogP contribution < -0.4 is 10.6 Å². The number of aromatic nitrogens is 4. The molecule has 1 fully saturated rings. The van der Waals surface area contributed by atoms with Gasteiger partial charge in [0.25, 0.3) is 5.92 Å². The summed E-state index contributed by atoms with van der Waals surface area (Å²) in [7, 11) is 0. The largest absolute Gasteiger partial charge is 0.612 e. The Hall–Kier alpha value is -2.85. The summed E-state index contributed by atoms with van der Waals surface area (Å²) in [5.74, 6) is -1.74. The molecule has 2 N–H and O–H groups in total. The maximum atomic E-state index is 13.8. The number of hydrogen-bond donors (Lipinski definition) is 2. The first-order chi connectivity index (χ1) is 14.8. The summed E-state index contributed by atoms with van der Waals surface area (Å²) >= 11 is -1.13. The van der Waals surface area contributed by atoms with Crippen molar-refractivity contribution in [2.24, 2.45) is 5.92 Å². The van der Waals surface area contributed by atoms with Gasteiger partial charge in [-0.1, -0.05) is 12.1 Å². The molecule has 2 aromatic heterocycles. The van der Waals surface area contributed by atoms with Gasteiger partial charge in [0.2, 0.25) is 11.9 Å². The molecule has 2 heterocycles. The van der Waals surface area contributed by atoms with Gasteiger partial charge in [-0.05, 0) is 54.2 Å². The maximum Gasteiger partial charge on any atom is 0.286 e. The van der Waals surface area contributed by atoms with E-state index in [1.807, 2.05) is 0 Å². The number of halogens is 2. The smallest absolute Gasteiger partial charge is 0.286 e. The van der Waals surface area contributed by atoms with Gasteiger partial charge in [-0.3, -0.25) is 0 Å². The molecule has 1 aliphatic carbocycles. The molecule has 1 unspecified atom stereocenters. The summed E-state index contributed by atoms with van der Waals surface area (Å²) in [5, 5.41) is 6.28. The highest BCUT2D eigenvalue weighted by Gasteiger charge is 2.27. The molecule has 0 spiro atoms. The predicted molar refractivity (Wildman–Crippen MR) is 116 cm³/mol. The fourth-order valence-electron chi connectivity index (χ4n) is 2.87. The van der Waals surface area contributed by atoms with E-state index in [1.165, 1.54) is 12.1 Å². The number of benzene rings is 1. The molecule has 0 aliphatic heterocycles. The molecule has 7 nitrogen and oxygen atoms in total. The van der Waals surface area contributed by atoms with Gasteiger partial charge < -0.3 is 15.2 Å². The Balaban J connectivity index is 1.68. The van der Waals surface area contributed by atoms with Crippen LogP contribution in [0.3, 0.4) is 0 Å². The van der Waals surface area contributed by atoms with E-state index in [0.717, 1.165) is 26.3 Å². The van der Waals surface area contributed by atoms with Crippen LogP contribution in [0.2, 0.25) is 0 Å². The van der Waals surface area contributed by atoms with Crippen molar-refractivity contribution in [3.05, 3.63) is 48.2 Å². The lowest BCUT2D eigenvalue weighted by molar-refractivity contribution is 0.0129. The zero-order valence-electron chi connectivity index (χ0n) is 17.1. The Morgan fingerprint density at radius 1 is 1.06 bits per heavy atom. The summed E-state index contributed by atoms with van der Waals surface area (Å²) in [5.41, 5.74) is 0.521. The van der Waals surface area contributed by atoms with Gasteiger partial charge in [-0.2, -0.15) is 23.7 Å². The lowest BCUT2D eigenvalue weighted by Crippen LogP contribution is -2.12. The molecule has 0 radical (unpaired) electrons. The molecule has 3 aromatic rings. The molecule has 0 bridgehead atoms. The Morgan fingerprint density at radius 3 is 2.52 bits per heavy atom. The minimum Gasteiger partial charge on any atom is -0.612 e. The number of nitrogens with zero attached hydrogens (tertiary/aromatic N) is 4. The summed E-state index contributed by atoms with van der Waals surface area (Å²) in [6, 6.07) is 11.4. The third-order valence-electron chi connectivity index (χ3n) is 4.73. The van der Waals surface area contributed by atoms with Crippen molar-refractivity contribution < 1.29 is 13.3 Å². The monoisotopic (exact) mass is 444 g/mol. The molecule has 1 aromatic carbocycles. The fraction of sp³-hybridized carbons (Fsp3) is 0.333. The first kappa shape index (κ1) is 21.4. The number of pyridine rings is 1. The van der Waals surface area contributed by atoms with Crippen molar-refractivity contribution >= 4 is 28.8 Å². The van der Waals surface area contributed by atoms with Gasteiger partial charge in [0.1, 0.15) is 17.6 Å². The maximum absolute atomic E-state index is 13.8. The summed E-state index contributed by atoms with van der Waals surface area (Å²) < 4.78 is 39.3. The topological polar surface area (TPSA) is 98.7 Å². The van der Waals surface area contributed by atoms with Crippen LogP contribution in [0.4, 0.5) is 26.4 Å². The Morgan fingerprint density at radius 2 is 1.81 bits per heavy atom. The van der Waals surface area contributed by atoms with E-state index >= 15 is 0 Å². The van der Waals surface area contributed by atoms with Gasteiger partial charge in [-0.15, -0.1) is 0 Å². The molecule has 162 valence electrons. The zero-order chi connectivity index (χ0) is 22.0. The summed E-state index contributed by atoms with van der Waals surface area (Å²) in [6.07, 6.45) is 3.92. The van der Waals surface area contributed by atoms with E-state index < -0.39 is 17.1 Å². The van der Waals surface area contributed by atoms with Gasteiger partial charge in [0.05, 0.1) is 0 Å². The van der Waals surface area contributed by atoms with E-state index in [1.54, 1.807) is 36.6 Å². The zero-order valence-corrected chi connectivity index (χ0v) is 17.9. The second kappa shape index (κ2) is 8.72. The highest BCUT2D eigenvalue weighted by molar-refractivity contribution is 7.90. The molecule has 10 heteroatoms. The van der Waals surface area contributed by atoms with E-state index in [9.17, 15) is 13.3 Å². The van der Waals surface area contributed by atoms with Crippen molar-refractivity contribution in [2.45, 2.75) is 30.6 Å². The van der Waals surface area contributed by atoms with Gasteiger partial charge >= 0.3 is 0 Å². The van der Waals surface area contributed by atoms with E-state index in [0.29, 0.717) is 22.4 Å². The van der Waals surface area contributed by atoms with Crippen molar-refractivity contribution in [3.63, 3.8) is 0 Å².